The minimum absolute atomic E-state index is 0.142. The Kier molecular flexibility index (Phi) is 4.06. The lowest BCUT2D eigenvalue weighted by atomic mass is 9.72. The van der Waals surface area contributed by atoms with Gasteiger partial charge in [0.1, 0.15) is 0 Å². The Balaban J connectivity index is 2.21. The first kappa shape index (κ1) is 14.6. The van der Waals surface area contributed by atoms with E-state index in [4.69, 9.17) is 11.6 Å². The highest BCUT2D eigenvalue weighted by Crippen LogP contribution is 2.46. The van der Waals surface area contributed by atoms with Crippen molar-refractivity contribution in [3.05, 3.63) is 29.0 Å². The maximum atomic E-state index is 13.1. The molecule has 0 radical (unpaired) electrons. The summed E-state index contributed by atoms with van der Waals surface area (Å²) in [6.07, 6.45) is -0.276. The largest absolute Gasteiger partial charge is 0.417 e. The van der Waals surface area contributed by atoms with Gasteiger partial charge in [0, 0.05) is 18.3 Å². The van der Waals surface area contributed by atoms with Gasteiger partial charge in [-0.3, -0.25) is 4.98 Å². The molecule has 0 saturated heterocycles. The topological polar surface area (TPSA) is 33.1 Å². The van der Waals surface area contributed by atoms with E-state index in [2.05, 4.69) is 4.98 Å². The summed E-state index contributed by atoms with van der Waals surface area (Å²) in [4.78, 5) is 3.86. The Morgan fingerprint density at radius 2 is 2.11 bits per heavy atom. The summed E-state index contributed by atoms with van der Waals surface area (Å²) in [6, 6.07) is 1.60. The Morgan fingerprint density at radius 1 is 1.37 bits per heavy atom. The molecule has 2 rings (SSSR count). The van der Waals surface area contributed by atoms with Crippen molar-refractivity contribution in [1.82, 2.24) is 4.98 Å². The molecule has 0 bridgehead atoms. The average Bonchev–Trinajstić information content (AvgIpc) is 2.31. The molecule has 106 valence electrons. The second-order valence-electron chi connectivity index (χ2n) is 5.08. The van der Waals surface area contributed by atoms with Gasteiger partial charge >= 0.3 is 6.18 Å². The van der Waals surface area contributed by atoms with Gasteiger partial charge in [0.25, 0.3) is 0 Å². The number of aliphatic hydroxyl groups is 1. The van der Waals surface area contributed by atoms with Crippen LogP contribution in [0.5, 0.6) is 0 Å². The van der Waals surface area contributed by atoms with Gasteiger partial charge in [-0.15, -0.1) is 0 Å². The number of nitrogens with zero attached hydrogens (tertiary/aromatic N) is 1. The van der Waals surface area contributed by atoms with Gasteiger partial charge < -0.3 is 5.11 Å². The van der Waals surface area contributed by atoms with Gasteiger partial charge in [0.05, 0.1) is 5.02 Å². The molecule has 1 fully saturated rings. The SMILES string of the molecule is O[C@]1(C(F)(F)F)CCCC[C@H]1Cc1cncc(Cl)c1. The Hall–Kier alpha value is -0.810. The molecule has 1 aliphatic rings. The molecule has 1 aromatic rings. The smallest absolute Gasteiger partial charge is 0.380 e. The summed E-state index contributed by atoms with van der Waals surface area (Å²) >= 11 is 5.78. The predicted octanol–water partition coefficient (Wildman–Crippen LogP) is 3.76. The minimum Gasteiger partial charge on any atom is -0.380 e. The van der Waals surface area contributed by atoms with Crippen LogP contribution in [0.4, 0.5) is 13.2 Å². The summed E-state index contributed by atoms with van der Waals surface area (Å²) in [6.45, 7) is 0. The maximum Gasteiger partial charge on any atom is 0.417 e. The Morgan fingerprint density at radius 3 is 2.74 bits per heavy atom. The van der Waals surface area contributed by atoms with Crippen LogP contribution < -0.4 is 0 Å². The standard InChI is InChI=1S/C13H15ClF3NO/c14-11-6-9(7-18-8-11)5-10-3-1-2-4-12(10,19)13(15,16)17/h6-8,10,19H,1-5H2/t10-,12+/m0/s1. The van der Waals surface area contributed by atoms with Crippen LogP contribution in [0.2, 0.25) is 5.02 Å². The van der Waals surface area contributed by atoms with E-state index >= 15 is 0 Å². The van der Waals surface area contributed by atoms with Crippen LogP contribution in [0.25, 0.3) is 0 Å². The lowest BCUT2D eigenvalue weighted by Crippen LogP contribution is -2.53. The molecular weight excluding hydrogens is 279 g/mol. The van der Waals surface area contributed by atoms with E-state index in [0.717, 1.165) is 0 Å². The fourth-order valence-corrected chi connectivity index (χ4v) is 2.92. The zero-order valence-corrected chi connectivity index (χ0v) is 11.0. The van der Waals surface area contributed by atoms with Crippen LogP contribution in [0.1, 0.15) is 31.2 Å². The van der Waals surface area contributed by atoms with E-state index in [1.54, 1.807) is 6.07 Å². The number of rotatable bonds is 2. The van der Waals surface area contributed by atoms with Gasteiger partial charge in [-0.2, -0.15) is 13.2 Å². The van der Waals surface area contributed by atoms with Crippen LogP contribution in [0.15, 0.2) is 18.5 Å². The molecule has 6 heteroatoms. The minimum atomic E-state index is -4.59. The molecule has 1 aromatic heterocycles. The highest BCUT2D eigenvalue weighted by Gasteiger charge is 2.58. The number of hydrogen-bond acceptors (Lipinski definition) is 2. The molecule has 19 heavy (non-hydrogen) atoms. The van der Waals surface area contributed by atoms with Crippen LogP contribution in [0, 0.1) is 5.92 Å². The van der Waals surface area contributed by atoms with Crippen molar-refractivity contribution in [3.8, 4) is 0 Å². The molecule has 1 N–H and O–H groups in total. The third kappa shape index (κ3) is 3.03. The van der Waals surface area contributed by atoms with Crippen LogP contribution in [-0.4, -0.2) is 21.9 Å². The highest BCUT2D eigenvalue weighted by molar-refractivity contribution is 6.30. The maximum absolute atomic E-state index is 13.1. The summed E-state index contributed by atoms with van der Waals surface area (Å²) in [7, 11) is 0. The van der Waals surface area contributed by atoms with Gasteiger partial charge in [0.15, 0.2) is 5.60 Å². The molecular formula is C13H15ClF3NO. The number of halogens is 4. The quantitative estimate of drug-likeness (QED) is 0.900. The van der Waals surface area contributed by atoms with E-state index < -0.39 is 17.7 Å². The van der Waals surface area contributed by atoms with Crippen molar-refractivity contribution in [2.75, 3.05) is 0 Å². The van der Waals surface area contributed by atoms with Gasteiger partial charge in [-0.05, 0) is 30.9 Å². The van der Waals surface area contributed by atoms with Crippen molar-refractivity contribution in [3.63, 3.8) is 0 Å². The van der Waals surface area contributed by atoms with Crippen molar-refractivity contribution in [1.29, 1.82) is 0 Å². The monoisotopic (exact) mass is 293 g/mol. The summed E-state index contributed by atoms with van der Waals surface area (Å²) in [5.74, 6) is -0.832. The van der Waals surface area contributed by atoms with Gasteiger partial charge in [0.2, 0.25) is 0 Å². The van der Waals surface area contributed by atoms with E-state index in [-0.39, 0.29) is 12.8 Å². The Bertz CT molecular complexity index is 452. The average molecular weight is 294 g/mol. The third-order valence-corrected chi connectivity index (χ3v) is 3.98. The van der Waals surface area contributed by atoms with Crippen molar-refractivity contribution in [2.45, 2.75) is 43.9 Å². The van der Waals surface area contributed by atoms with Crippen LogP contribution in [-0.2, 0) is 6.42 Å². The summed E-state index contributed by atoms with van der Waals surface area (Å²) in [5, 5.41) is 10.4. The lowest BCUT2D eigenvalue weighted by molar-refractivity contribution is -0.288. The molecule has 2 nitrogen and oxygen atoms in total. The number of pyridine rings is 1. The first-order valence-electron chi connectivity index (χ1n) is 6.21. The summed E-state index contributed by atoms with van der Waals surface area (Å²) < 4.78 is 39.2. The van der Waals surface area contributed by atoms with Crippen LogP contribution in [0.3, 0.4) is 0 Å². The molecule has 1 saturated carbocycles. The fourth-order valence-electron chi connectivity index (χ4n) is 2.72. The molecule has 1 heterocycles. The number of aromatic nitrogens is 1. The molecule has 0 unspecified atom stereocenters. The number of alkyl halides is 3. The molecule has 2 atom stereocenters. The zero-order valence-electron chi connectivity index (χ0n) is 10.3. The molecule has 1 aliphatic carbocycles. The second-order valence-corrected chi connectivity index (χ2v) is 5.52. The molecule has 0 aliphatic heterocycles. The second kappa shape index (κ2) is 5.29. The van der Waals surface area contributed by atoms with E-state index in [0.29, 0.717) is 29.8 Å². The van der Waals surface area contributed by atoms with Crippen molar-refractivity contribution in [2.24, 2.45) is 5.92 Å². The highest BCUT2D eigenvalue weighted by atomic mass is 35.5. The van der Waals surface area contributed by atoms with E-state index in [9.17, 15) is 18.3 Å². The lowest BCUT2D eigenvalue weighted by Gasteiger charge is -2.41. The zero-order chi connectivity index (χ0) is 14.1. The van der Waals surface area contributed by atoms with Gasteiger partial charge in [-0.25, -0.2) is 0 Å². The first-order chi connectivity index (χ1) is 8.83. The Labute approximate surface area is 114 Å². The van der Waals surface area contributed by atoms with E-state index in [1.165, 1.54) is 12.4 Å². The van der Waals surface area contributed by atoms with Crippen LogP contribution >= 0.6 is 11.6 Å². The molecule has 0 aromatic carbocycles. The summed E-state index contributed by atoms with van der Waals surface area (Å²) in [5.41, 5.74) is -1.96. The molecule has 0 amide bonds. The first-order valence-corrected chi connectivity index (χ1v) is 6.59. The van der Waals surface area contributed by atoms with E-state index in [1.807, 2.05) is 0 Å². The van der Waals surface area contributed by atoms with Crippen molar-refractivity contribution >= 4 is 11.6 Å². The molecule has 0 spiro atoms. The normalized spacial score (nSPS) is 28.4. The van der Waals surface area contributed by atoms with Gasteiger partial charge in [-0.1, -0.05) is 24.4 Å². The fraction of sp³-hybridized carbons (Fsp3) is 0.615. The van der Waals surface area contributed by atoms with Crippen molar-refractivity contribution < 1.29 is 18.3 Å². The number of hydrogen-bond donors (Lipinski definition) is 1. The third-order valence-electron chi connectivity index (χ3n) is 3.77. The predicted molar refractivity (Wildman–Crippen MR) is 65.9 cm³/mol.